The highest BCUT2D eigenvalue weighted by Crippen LogP contribution is 2.28. The minimum absolute atomic E-state index is 0.221. The molecule has 1 N–H and O–H groups in total. The van der Waals surface area contributed by atoms with Crippen molar-refractivity contribution in [1.29, 1.82) is 0 Å². The molecule has 1 amide bonds. The Hall–Kier alpha value is -3.06. The maximum Gasteiger partial charge on any atom is 0.343 e. The molecule has 2 aromatic rings. The Morgan fingerprint density at radius 2 is 1.85 bits per heavy atom. The summed E-state index contributed by atoms with van der Waals surface area (Å²) >= 11 is 5.79. The van der Waals surface area contributed by atoms with Gasteiger partial charge in [0, 0.05) is 10.6 Å². The van der Waals surface area contributed by atoms with Gasteiger partial charge in [-0.25, -0.2) is 10.2 Å². The number of hydrazone groups is 1. The lowest BCUT2D eigenvalue weighted by molar-refractivity contribution is -0.142. The van der Waals surface area contributed by atoms with Crippen LogP contribution in [0.4, 0.5) is 0 Å². The molecule has 142 valence electrons. The molecule has 0 saturated heterocycles. The molecule has 0 fully saturated rings. The first-order valence-corrected chi connectivity index (χ1v) is 8.46. The Bertz CT molecular complexity index is 821. The average molecular weight is 391 g/mol. The van der Waals surface area contributed by atoms with Gasteiger partial charge in [-0.3, -0.25) is 4.79 Å². The normalized spacial score (nSPS) is 10.5. The van der Waals surface area contributed by atoms with E-state index in [9.17, 15) is 9.59 Å². The van der Waals surface area contributed by atoms with Gasteiger partial charge in [0.05, 0.1) is 19.9 Å². The van der Waals surface area contributed by atoms with Crippen LogP contribution in [-0.2, 0) is 9.53 Å². The number of halogens is 1. The zero-order valence-corrected chi connectivity index (χ0v) is 15.7. The smallest absolute Gasteiger partial charge is 0.343 e. The van der Waals surface area contributed by atoms with E-state index in [0.717, 1.165) is 0 Å². The number of rotatable bonds is 8. The van der Waals surface area contributed by atoms with E-state index in [-0.39, 0.29) is 12.5 Å². The summed E-state index contributed by atoms with van der Waals surface area (Å²) in [6, 6.07) is 11.5. The number of amides is 1. The second-order valence-corrected chi connectivity index (χ2v) is 5.65. The van der Waals surface area contributed by atoms with E-state index in [4.69, 9.17) is 21.1 Å². The molecule has 0 aliphatic rings. The first-order chi connectivity index (χ1) is 13.0. The van der Waals surface area contributed by atoms with Crippen molar-refractivity contribution < 1.29 is 23.8 Å². The summed E-state index contributed by atoms with van der Waals surface area (Å²) in [5.41, 5.74) is 3.56. The van der Waals surface area contributed by atoms with E-state index in [1.807, 2.05) is 6.92 Å². The molecule has 0 aliphatic carbocycles. The van der Waals surface area contributed by atoms with E-state index in [1.54, 1.807) is 42.5 Å². The molecular formula is C19H19ClN2O5. The lowest BCUT2D eigenvalue weighted by Crippen LogP contribution is -2.17. The second kappa shape index (κ2) is 10.2. The van der Waals surface area contributed by atoms with Crippen molar-refractivity contribution in [3.8, 4) is 11.5 Å². The first kappa shape index (κ1) is 20.3. The Kier molecular flexibility index (Phi) is 7.63. The zero-order chi connectivity index (χ0) is 19.6. The molecule has 2 rings (SSSR count). The van der Waals surface area contributed by atoms with Gasteiger partial charge in [-0.1, -0.05) is 11.6 Å². The highest BCUT2D eigenvalue weighted by Gasteiger charge is 2.09. The quantitative estimate of drug-likeness (QED) is 0.425. The van der Waals surface area contributed by atoms with Crippen LogP contribution in [0.2, 0.25) is 5.02 Å². The van der Waals surface area contributed by atoms with Gasteiger partial charge in [0.25, 0.3) is 5.91 Å². The molecule has 0 saturated carbocycles. The Labute approximate surface area is 161 Å². The minimum Gasteiger partial charge on any atom is -0.490 e. The number of nitrogens with zero attached hydrogens (tertiary/aromatic N) is 1. The van der Waals surface area contributed by atoms with E-state index in [0.29, 0.717) is 34.3 Å². The molecule has 0 radical (unpaired) electrons. The predicted octanol–water partition coefficient (Wildman–Crippen LogP) is 3.05. The van der Waals surface area contributed by atoms with Crippen molar-refractivity contribution in [2.24, 2.45) is 5.10 Å². The number of hydrogen-bond acceptors (Lipinski definition) is 6. The summed E-state index contributed by atoms with van der Waals surface area (Å²) in [6.07, 6.45) is 1.47. The summed E-state index contributed by atoms with van der Waals surface area (Å²) in [4.78, 5) is 23.2. The minimum atomic E-state index is -0.493. The van der Waals surface area contributed by atoms with Crippen molar-refractivity contribution in [2.75, 3.05) is 20.3 Å². The molecule has 0 atom stereocenters. The molecule has 0 spiro atoms. The van der Waals surface area contributed by atoms with Crippen LogP contribution in [0.5, 0.6) is 11.5 Å². The summed E-state index contributed by atoms with van der Waals surface area (Å²) in [6.45, 7) is 2.03. The molecule has 0 heterocycles. The van der Waals surface area contributed by atoms with Gasteiger partial charge in [0.2, 0.25) is 0 Å². The van der Waals surface area contributed by atoms with Crippen molar-refractivity contribution in [1.82, 2.24) is 5.43 Å². The zero-order valence-electron chi connectivity index (χ0n) is 14.9. The maximum absolute atomic E-state index is 12.0. The summed E-state index contributed by atoms with van der Waals surface area (Å²) in [5, 5.41) is 4.48. The number of methoxy groups -OCH3 is 1. The monoisotopic (exact) mass is 390 g/mol. The van der Waals surface area contributed by atoms with Crippen LogP contribution in [0, 0.1) is 0 Å². The van der Waals surface area contributed by atoms with Crippen molar-refractivity contribution in [3.63, 3.8) is 0 Å². The molecule has 2 aromatic carbocycles. The van der Waals surface area contributed by atoms with Gasteiger partial charge in [-0.15, -0.1) is 0 Å². The first-order valence-electron chi connectivity index (χ1n) is 8.09. The average Bonchev–Trinajstić information content (AvgIpc) is 2.67. The molecule has 0 unspecified atom stereocenters. The highest BCUT2D eigenvalue weighted by molar-refractivity contribution is 6.30. The van der Waals surface area contributed by atoms with Crippen LogP contribution in [0.15, 0.2) is 47.6 Å². The summed E-state index contributed by atoms with van der Waals surface area (Å²) in [5.74, 6) is 0.0120. The van der Waals surface area contributed by atoms with Gasteiger partial charge in [0.1, 0.15) is 0 Å². The number of esters is 1. The van der Waals surface area contributed by atoms with Gasteiger partial charge in [-0.05, 0) is 55.0 Å². The van der Waals surface area contributed by atoms with E-state index < -0.39 is 5.97 Å². The van der Waals surface area contributed by atoms with Gasteiger partial charge < -0.3 is 14.2 Å². The fourth-order valence-corrected chi connectivity index (χ4v) is 2.15. The molecule has 0 aromatic heterocycles. The number of carbonyl (C=O) groups excluding carboxylic acids is 2. The SMILES string of the molecule is CCOc1cc(/C=N\NC(=O)c2ccc(Cl)cc2)ccc1OCC(=O)OC. The Morgan fingerprint density at radius 1 is 1.11 bits per heavy atom. The highest BCUT2D eigenvalue weighted by atomic mass is 35.5. The van der Waals surface area contributed by atoms with Crippen LogP contribution in [-0.4, -0.2) is 38.4 Å². The van der Waals surface area contributed by atoms with Crippen LogP contribution in [0.3, 0.4) is 0 Å². The molecule has 0 bridgehead atoms. The van der Waals surface area contributed by atoms with Gasteiger partial charge in [0.15, 0.2) is 18.1 Å². The molecule has 0 aliphatic heterocycles. The fourth-order valence-electron chi connectivity index (χ4n) is 2.02. The van der Waals surface area contributed by atoms with E-state index in [1.165, 1.54) is 13.3 Å². The van der Waals surface area contributed by atoms with E-state index in [2.05, 4.69) is 15.3 Å². The predicted molar refractivity (Wildman–Crippen MR) is 102 cm³/mol. The van der Waals surface area contributed by atoms with Crippen molar-refractivity contribution in [3.05, 3.63) is 58.6 Å². The Balaban J connectivity index is 2.03. The van der Waals surface area contributed by atoms with E-state index >= 15 is 0 Å². The number of carbonyl (C=O) groups is 2. The largest absolute Gasteiger partial charge is 0.490 e. The maximum atomic E-state index is 12.0. The lowest BCUT2D eigenvalue weighted by Gasteiger charge is -2.11. The fraction of sp³-hybridized carbons (Fsp3) is 0.211. The topological polar surface area (TPSA) is 86.2 Å². The number of nitrogens with one attached hydrogen (secondary N) is 1. The standard InChI is InChI=1S/C19H19ClN2O5/c1-3-26-17-10-13(4-9-16(17)27-12-18(23)25-2)11-21-22-19(24)14-5-7-15(20)8-6-14/h4-11H,3,12H2,1-2H3,(H,22,24)/b21-11-. The molecule has 8 heteroatoms. The number of benzene rings is 2. The molecule has 27 heavy (non-hydrogen) atoms. The van der Waals surface area contributed by atoms with Crippen LogP contribution < -0.4 is 14.9 Å². The Morgan fingerprint density at radius 3 is 2.52 bits per heavy atom. The van der Waals surface area contributed by atoms with Crippen LogP contribution >= 0.6 is 11.6 Å². The molecular weight excluding hydrogens is 372 g/mol. The van der Waals surface area contributed by atoms with Gasteiger partial charge in [-0.2, -0.15) is 5.10 Å². The lowest BCUT2D eigenvalue weighted by atomic mass is 10.2. The third kappa shape index (κ3) is 6.31. The number of hydrogen-bond donors (Lipinski definition) is 1. The summed E-state index contributed by atoms with van der Waals surface area (Å²) in [7, 11) is 1.28. The van der Waals surface area contributed by atoms with Crippen LogP contribution in [0.1, 0.15) is 22.8 Å². The summed E-state index contributed by atoms with van der Waals surface area (Å²) < 4.78 is 15.4. The van der Waals surface area contributed by atoms with Crippen LogP contribution in [0.25, 0.3) is 0 Å². The third-order valence-electron chi connectivity index (χ3n) is 3.33. The van der Waals surface area contributed by atoms with Gasteiger partial charge >= 0.3 is 5.97 Å². The molecule has 7 nitrogen and oxygen atoms in total. The number of ether oxygens (including phenoxy) is 3. The van der Waals surface area contributed by atoms with Crippen molar-refractivity contribution >= 4 is 29.7 Å². The second-order valence-electron chi connectivity index (χ2n) is 5.21. The third-order valence-corrected chi connectivity index (χ3v) is 3.58. The van der Waals surface area contributed by atoms with Crippen molar-refractivity contribution in [2.45, 2.75) is 6.92 Å².